The summed E-state index contributed by atoms with van der Waals surface area (Å²) in [7, 11) is 0. The molecule has 38 heavy (non-hydrogen) atoms. The number of carbonyl (C=O) groups is 4. The molecule has 4 atom stereocenters. The highest BCUT2D eigenvalue weighted by Gasteiger charge is 2.29. The largest absolute Gasteiger partial charge is 0.508 e. The number of phenols is 1. The minimum absolute atomic E-state index is 0.00496. The molecule has 4 unspecified atom stereocenters. The van der Waals surface area contributed by atoms with Crippen LogP contribution in [-0.2, 0) is 38.4 Å². The van der Waals surface area contributed by atoms with Gasteiger partial charge in [-0.1, -0.05) is 12.1 Å². The van der Waals surface area contributed by atoms with E-state index in [4.69, 9.17) is 5.73 Å². The Hall–Kier alpha value is -4.72. The van der Waals surface area contributed by atoms with Crippen molar-refractivity contribution in [3.05, 3.63) is 66.3 Å². The number of aromatic nitrogens is 4. The number of nitrogens with two attached hydrogens (primary N) is 1. The zero-order chi connectivity index (χ0) is 27.7. The number of rotatable bonds is 13. The van der Waals surface area contributed by atoms with Crippen molar-refractivity contribution in [3.8, 4) is 5.75 Å². The molecule has 1 aromatic carbocycles. The van der Waals surface area contributed by atoms with Crippen molar-refractivity contribution < 1.29 is 29.4 Å². The molecule has 0 saturated heterocycles. The first kappa shape index (κ1) is 27.9. The summed E-state index contributed by atoms with van der Waals surface area (Å²) in [4.78, 5) is 63.6. The fourth-order valence-electron chi connectivity index (χ4n) is 3.58. The zero-order valence-corrected chi connectivity index (χ0v) is 20.5. The van der Waals surface area contributed by atoms with Crippen LogP contribution >= 0.6 is 0 Å². The molecule has 9 N–H and O–H groups in total. The highest BCUT2D eigenvalue weighted by Crippen LogP contribution is 2.11. The first-order chi connectivity index (χ1) is 18.1. The predicted molar refractivity (Wildman–Crippen MR) is 133 cm³/mol. The number of aromatic amines is 2. The Bertz CT molecular complexity index is 1210. The molecule has 0 radical (unpaired) electrons. The summed E-state index contributed by atoms with van der Waals surface area (Å²) in [5.41, 5.74) is 7.73. The van der Waals surface area contributed by atoms with Crippen molar-refractivity contribution in [2.45, 2.75) is 50.4 Å². The van der Waals surface area contributed by atoms with E-state index < -0.39 is 47.9 Å². The van der Waals surface area contributed by atoms with Crippen molar-refractivity contribution in [1.82, 2.24) is 35.9 Å². The van der Waals surface area contributed by atoms with E-state index in [2.05, 4.69) is 35.9 Å². The maximum absolute atomic E-state index is 13.1. The Balaban J connectivity index is 1.62. The first-order valence-electron chi connectivity index (χ1n) is 11.7. The molecule has 202 valence electrons. The second-order valence-electron chi connectivity index (χ2n) is 8.73. The summed E-state index contributed by atoms with van der Waals surface area (Å²) >= 11 is 0. The lowest BCUT2D eigenvalue weighted by molar-refractivity contribution is -0.142. The Labute approximate surface area is 217 Å². The van der Waals surface area contributed by atoms with Gasteiger partial charge in [-0.15, -0.1) is 0 Å². The summed E-state index contributed by atoms with van der Waals surface area (Å²) in [5.74, 6) is -3.16. The van der Waals surface area contributed by atoms with E-state index in [-0.39, 0.29) is 25.0 Å². The van der Waals surface area contributed by atoms with Crippen molar-refractivity contribution in [2.75, 3.05) is 0 Å². The number of carbonyl (C=O) groups excluding carboxylic acids is 3. The van der Waals surface area contributed by atoms with Crippen molar-refractivity contribution in [2.24, 2.45) is 5.73 Å². The molecule has 3 rings (SSSR count). The minimum atomic E-state index is -1.28. The van der Waals surface area contributed by atoms with Crippen LogP contribution in [0, 0.1) is 0 Å². The van der Waals surface area contributed by atoms with Crippen molar-refractivity contribution in [1.29, 1.82) is 0 Å². The second-order valence-corrected chi connectivity index (χ2v) is 8.73. The number of imidazole rings is 2. The quantitative estimate of drug-likeness (QED) is 0.133. The Morgan fingerprint density at radius 1 is 0.842 bits per heavy atom. The third-order valence-electron chi connectivity index (χ3n) is 5.69. The van der Waals surface area contributed by atoms with Gasteiger partial charge in [-0.25, -0.2) is 14.8 Å². The molecular weight excluding hydrogens is 496 g/mol. The summed E-state index contributed by atoms with van der Waals surface area (Å²) in [6.45, 7) is 1.43. The van der Waals surface area contributed by atoms with Gasteiger partial charge in [0.2, 0.25) is 17.7 Å². The first-order valence-corrected chi connectivity index (χ1v) is 11.7. The van der Waals surface area contributed by atoms with Crippen molar-refractivity contribution >= 4 is 23.7 Å². The van der Waals surface area contributed by atoms with E-state index in [0.29, 0.717) is 11.4 Å². The Morgan fingerprint density at radius 3 is 1.92 bits per heavy atom. The molecule has 0 aliphatic heterocycles. The number of hydrogen-bond acceptors (Lipinski definition) is 8. The standard InChI is InChI=1S/C24H30N8O6/c1-13(30-22(35)18(25)6-14-2-4-17(33)5-3-14)21(34)31-19(7-15-9-26-11-28-15)23(36)32-20(24(37)38)8-16-10-27-12-29-16/h2-5,9-13,18-20,33H,6-8,25H2,1H3,(H,26,28)(H,27,29)(H,30,35)(H,31,34)(H,32,36)(H,37,38). The third kappa shape index (κ3) is 8.16. The predicted octanol–water partition coefficient (Wildman–Crippen LogP) is -1.25. The lowest BCUT2D eigenvalue weighted by atomic mass is 10.1. The molecule has 0 saturated carbocycles. The molecule has 2 aromatic heterocycles. The topological polar surface area (TPSA) is 228 Å². The van der Waals surface area contributed by atoms with E-state index in [1.54, 1.807) is 12.1 Å². The number of carboxylic acids is 1. The van der Waals surface area contributed by atoms with Gasteiger partial charge in [0.1, 0.15) is 23.9 Å². The second kappa shape index (κ2) is 13.0. The molecule has 3 amide bonds. The van der Waals surface area contributed by atoms with Gasteiger partial charge in [0, 0.05) is 36.6 Å². The van der Waals surface area contributed by atoms with Crippen LogP contribution in [0.2, 0.25) is 0 Å². The number of nitrogens with zero attached hydrogens (tertiary/aromatic N) is 2. The number of hydrogen-bond donors (Lipinski definition) is 8. The fourth-order valence-corrected chi connectivity index (χ4v) is 3.58. The molecule has 2 heterocycles. The van der Waals surface area contributed by atoms with Gasteiger partial charge in [-0.2, -0.15) is 0 Å². The normalized spacial score (nSPS) is 14.1. The highest BCUT2D eigenvalue weighted by atomic mass is 16.4. The van der Waals surface area contributed by atoms with Crippen LogP contribution < -0.4 is 21.7 Å². The van der Waals surface area contributed by atoms with Gasteiger partial charge in [-0.05, 0) is 31.0 Å². The number of amides is 3. The van der Waals surface area contributed by atoms with Crippen LogP contribution in [0.1, 0.15) is 23.9 Å². The molecule has 14 nitrogen and oxygen atoms in total. The van der Waals surface area contributed by atoms with Crippen LogP contribution in [0.4, 0.5) is 0 Å². The number of H-pyrrole nitrogens is 2. The Kier molecular flexibility index (Phi) is 9.54. The fraction of sp³-hybridized carbons (Fsp3) is 0.333. The number of phenolic OH excluding ortho intramolecular Hbond substituents is 1. The Morgan fingerprint density at radius 2 is 1.39 bits per heavy atom. The van der Waals surface area contributed by atoms with Crippen molar-refractivity contribution in [3.63, 3.8) is 0 Å². The lowest BCUT2D eigenvalue weighted by Crippen LogP contribution is -2.57. The third-order valence-corrected chi connectivity index (χ3v) is 5.69. The van der Waals surface area contributed by atoms with Gasteiger partial charge < -0.3 is 41.9 Å². The number of nitrogens with one attached hydrogen (secondary N) is 5. The summed E-state index contributed by atoms with van der Waals surface area (Å²) < 4.78 is 0. The monoisotopic (exact) mass is 526 g/mol. The van der Waals surface area contributed by atoms with Crippen LogP contribution in [0.25, 0.3) is 0 Å². The van der Waals surface area contributed by atoms with E-state index in [1.165, 1.54) is 44.1 Å². The average molecular weight is 527 g/mol. The van der Waals surface area contributed by atoms with Gasteiger partial charge in [-0.3, -0.25) is 14.4 Å². The van der Waals surface area contributed by atoms with Crippen LogP contribution in [-0.4, -0.2) is 78.0 Å². The molecule has 0 aliphatic rings. The summed E-state index contributed by atoms with van der Waals surface area (Å²) in [6.07, 6.45) is 5.85. The lowest BCUT2D eigenvalue weighted by Gasteiger charge is -2.23. The van der Waals surface area contributed by atoms with E-state index in [0.717, 1.165) is 5.56 Å². The number of aromatic hydroxyl groups is 1. The minimum Gasteiger partial charge on any atom is -0.508 e. The maximum atomic E-state index is 13.1. The number of carboxylic acid groups (broad SMARTS) is 1. The zero-order valence-electron chi connectivity index (χ0n) is 20.5. The molecule has 0 fully saturated rings. The molecular formula is C24H30N8O6. The molecule has 0 spiro atoms. The molecule has 0 bridgehead atoms. The summed E-state index contributed by atoms with van der Waals surface area (Å²) in [6, 6.07) is 1.76. The number of aliphatic carboxylic acids is 1. The maximum Gasteiger partial charge on any atom is 0.326 e. The van der Waals surface area contributed by atoms with Gasteiger partial charge >= 0.3 is 5.97 Å². The van der Waals surface area contributed by atoms with Gasteiger partial charge in [0.25, 0.3) is 0 Å². The van der Waals surface area contributed by atoms with E-state index in [9.17, 15) is 29.4 Å². The smallest absolute Gasteiger partial charge is 0.326 e. The van der Waals surface area contributed by atoms with Crippen LogP contribution in [0.15, 0.2) is 49.3 Å². The van der Waals surface area contributed by atoms with E-state index >= 15 is 0 Å². The highest BCUT2D eigenvalue weighted by molar-refractivity contribution is 5.94. The SMILES string of the molecule is CC(NC(=O)C(N)Cc1ccc(O)cc1)C(=O)NC(Cc1cnc[nH]1)C(=O)NC(Cc1cnc[nH]1)C(=O)O. The summed E-state index contributed by atoms with van der Waals surface area (Å²) in [5, 5.41) is 26.5. The number of benzene rings is 1. The average Bonchev–Trinajstić information content (AvgIpc) is 3.58. The van der Waals surface area contributed by atoms with Crippen LogP contribution in [0.3, 0.4) is 0 Å². The van der Waals surface area contributed by atoms with Gasteiger partial charge in [0.15, 0.2) is 0 Å². The van der Waals surface area contributed by atoms with Crippen LogP contribution in [0.5, 0.6) is 5.75 Å². The molecule has 3 aromatic rings. The molecule has 14 heteroatoms. The van der Waals surface area contributed by atoms with E-state index in [1.807, 2.05) is 0 Å². The van der Waals surface area contributed by atoms with Gasteiger partial charge in [0.05, 0.1) is 18.7 Å². The molecule has 0 aliphatic carbocycles.